The maximum Gasteiger partial charge on any atom is 0.334 e. The van der Waals surface area contributed by atoms with E-state index < -0.39 is 12.1 Å². The predicted octanol–water partition coefficient (Wildman–Crippen LogP) is 1.49. The van der Waals surface area contributed by atoms with Crippen LogP contribution in [0.15, 0.2) is 29.9 Å². The molecule has 2 aromatic rings. The summed E-state index contributed by atoms with van der Waals surface area (Å²) in [4.78, 5) is 22.8. The van der Waals surface area contributed by atoms with Gasteiger partial charge in [-0.25, -0.2) is 14.8 Å². The summed E-state index contributed by atoms with van der Waals surface area (Å²) in [7, 11) is 0. The summed E-state index contributed by atoms with van der Waals surface area (Å²) in [5, 5.41) is 11.0. The molecule has 3 rings (SSSR count). The number of morpholine rings is 1. The van der Waals surface area contributed by atoms with Crippen molar-refractivity contribution in [3.8, 4) is 10.7 Å². The number of aliphatic carboxylic acids is 1. The lowest BCUT2D eigenvalue weighted by molar-refractivity contribution is -0.156. The molecule has 0 saturated carbocycles. The van der Waals surface area contributed by atoms with Crippen molar-refractivity contribution in [1.29, 1.82) is 0 Å². The van der Waals surface area contributed by atoms with Crippen LogP contribution in [0.5, 0.6) is 0 Å². The number of hydrogen-bond acceptors (Lipinski definition) is 6. The molecule has 110 valence electrons. The Morgan fingerprint density at radius 3 is 2.95 bits per heavy atom. The molecule has 6 nitrogen and oxygen atoms in total. The maximum atomic E-state index is 11.0. The van der Waals surface area contributed by atoms with Gasteiger partial charge in [-0.15, -0.1) is 11.3 Å². The highest BCUT2D eigenvalue weighted by molar-refractivity contribution is 7.13. The summed E-state index contributed by atoms with van der Waals surface area (Å²) < 4.78 is 5.20. The summed E-state index contributed by atoms with van der Waals surface area (Å²) in [6, 6.07) is 3.95. The topological polar surface area (TPSA) is 75.5 Å². The number of carboxylic acids is 1. The van der Waals surface area contributed by atoms with E-state index in [-0.39, 0.29) is 0 Å². The van der Waals surface area contributed by atoms with Crippen LogP contribution >= 0.6 is 11.3 Å². The van der Waals surface area contributed by atoms with Gasteiger partial charge in [-0.1, -0.05) is 6.07 Å². The molecular formula is C14H15N3O3S. The average molecular weight is 305 g/mol. The molecule has 3 heterocycles. The quantitative estimate of drug-likeness (QED) is 0.922. The zero-order valence-electron chi connectivity index (χ0n) is 11.3. The Kier molecular flexibility index (Phi) is 4.23. The molecule has 0 aromatic carbocycles. The molecular weight excluding hydrogens is 290 g/mol. The van der Waals surface area contributed by atoms with E-state index in [1.807, 2.05) is 22.4 Å². The van der Waals surface area contributed by atoms with Crippen LogP contribution in [0.4, 0.5) is 0 Å². The van der Waals surface area contributed by atoms with Crippen LogP contribution < -0.4 is 0 Å². The average Bonchev–Trinajstić information content (AvgIpc) is 3.02. The fraction of sp³-hybridized carbons (Fsp3) is 0.357. The highest BCUT2D eigenvalue weighted by Crippen LogP contribution is 2.20. The van der Waals surface area contributed by atoms with E-state index in [1.165, 1.54) is 0 Å². The molecule has 1 fully saturated rings. The summed E-state index contributed by atoms with van der Waals surface area (Å²) in [6.45, 7) is 2.18. The molecule has 1 aliphatic heterocycles. The molecule has 1 unspecified atom stereocenters. The third kappa shape index (κ3) is 3.44. The summed E-state index contributed by atoms with van der Waals surface area (Å²) >= 11 is 1.60. The predicted molar refractivity (Wildman–Crippen MR) is 78.0 cm³/mol. The van der Waals surface area contributed by atoms with Gasteiger partial charge in [-0.2, -0.15) is 0 Å². The van der Waals surface area contributed by atoms with Crippen LogP contribution in [0.3, 0.4) is 0 Å². The Balaban J connectivity index is 1.64. The Hall–Kier alpha value is -1.83. The van der Waals surface area contributed by atoms with Gasteiger partial charge < -0.3 is 9.84 Å². The van der Waals surface area contributed by atoms with Gasteiger partial charge in [0.05, 0.1) is 11.5 Å². The number of nitrogens with zero attached hydrogens (tertiary/aromatic N) is 3. The van der Waals surface area contributed by atoms with Crippen molar-refractivity contribution in [2.24, 2.45) is 0 Å². The van der Waals surface area contributed by atoms with Crippen molar-refractivity contribution in [3.05, 3.63) is 35.5 Å². The SMILES string of the molecule is O=C(O)C1CN(Cc2cnc(-c3cccs3)nc2)CCO1. The first kappa shape index (κ1) is 14.1. The molecule has 21 heavy (non-hydrogen) atoms. The number of aromatic nitrogens is 2. The highest BCUT2D eigenvalue weighted by atomic mass is 32.1. The fourth-order valence-electron chi connectivity index (χ4n) is 2.22. The molecule has 1 N–H and O–H groups in total. The molecule has 1 aliphatic rings. The highest BCUT2D eigenvalue weighted by Gasteiger charge is 2.26. The number of ether oxygens (including phenoxy) is 1. The summed E-state index contributed by atoms with van der Waals surface area (Å²) in [5.74, 6) is -0.192. The van der Waals surface area contributed by atoms with Crippen LogP contribution in [0, 0.1) is 0 Å². The molecule has 2 aromatic heterocycles. The van der Waals surface area contributed by atoms with Crippen LogP contribution in [0.2, 0.25) is 0 Å². The minimum Gasteiger partial charge on any atom is -0.479 e. The Morgan fingerprint density at radius 2 is 2.29 bits per heavy atom. The second kappa shape index (κ2) is 6.30. The Labute approximate surface area is 126 Å². The maximum absolute atomic E-state index is 11.0. The number of carboxylic acid groups (broad SMARTS) is 1. The van der Waals surface area contributed by atoms with Gasteiger partial charge in [0.25, 0.3) is 0 Å². The molecule has 0 spiro atoms. The van der Waals surface area contributed by atoms with Crippen molar-refractivity contribution >= 4 is 17.3 Å². The van der Waals surface area contributed by atoms with Gasteiger partial charge in [-0.05, 0) is 11.4 Å². The van der Waals surface area contributed by atoms with Crippen molar-refractivity contribution in [3.63, 3.8) is 0 Å². The monoisotopic (exact) mass is 305 g/mol. The minimum atomic E-state index is -0.913. The summed E-state index contributed by atoms with van der Waals surface area (Å²) in [6.07, 6.45) is 2.85. The van der Waals surface area contributed by atoms with E-state index in [1.54, 1.807) is 23.7 Å². The minimum absolute atomic E-state index is 0.391. The first-order valence-electron chi connectivity index (χ1n) is 6.64. The lowest BCUT2D eigenvalue weighted by atomic mass is 10.2. The van der Waals surface area contributed by atoms with Crippen LogP contribution in [0.25, 0.3) is 10.7 Å². The molecule has 7 heteroatoms. The summed E-state index contributed by atoms with van der Waals surface area (Å²) in [5.41, 5.74) is 0.973. The molecule has 1 atom stereocenters. The zero-order chi connectivity index (χ0) is 14.7. The standard InChI is InChI=1S/C14H15N3O3S/c18-14(19)11-9-17(3-4-20-11)8-10-6-15-13(16-7-10)12-2-1-5-21-12/h1-2,5-7,11H,3-4,8-9H2,(H,18,19). The lowest BCUT2D eigenvalue weighted by Crippen LogP contribution is -2.45. The lowest BCUT2D eigenvalue weighted by Gasteiger charge is -2.30. The normalized spacial score (nSPS) is 19.5. The van der Waals surface area contributed by atoms with Gasteiger partial charge in [0, 0.05) is 37.6 Å². The van der Waals surface area contributed by atoms with Crippen LogP contribution in [-0.4, -0.2) is 51.7 Å². The third-order valence-corrected chi connectivity index (χ3v) is 4.14. The van der Waals surface area contributed by atoms with E-state index >= 15 is 0 Å². The van der Waals surface area contributed by atoms with Gasteiger partial charge >= 0.3 is 5.97 Å². The Bertz CT molecular complexity index is 600. The van der Waals surface area contributed by atoms with Gasteiger partial charge in [-0.3, -0.25) is 4.90 Å². The number of thiophene rings is 1. The number of carbonyl (C=O) groups is 1. The van der Waals surface area contributed by atoms with Gasteiger partial charge in [0.1, 0.15) is 0 Å². The number of rotatable bonds is 4. The molecule has 1 saturated heterocycles. The van der Waals surface area contributed by atoms with Crippen molar-refractivity contribution < 1.29 is 14.6 Å². The van der Waals surface area contributed by atoms with Gasteiger partial charge in [0.2, 0.25) is 0 Å². The number of hydrogen-bond donors (Lipinski definition) is 1. The molecule has 0 amide bonds. The zero-order valence-corrected chi connectivity index (χ0v) is 12.1. The first-order chi connectivity index (χ1) is 10.2. The fourth-order valence-corrected chi connectivity index (χ4v) is 2.89. The first-order valence-corrected chi connectivity index (χ1v) is 7.52. The second-order valence-corrected chi connectivity index (χ2v) is 5.77. The van der Waals surface area contributed by atoms with Crippen LogP contribution in [0.1, 0.15) is 5.56 Å². The molecule has 0 radical (unpaired) electrons. The van der Waals surface area contributed by atoms with E-state index in [4.69, 9.17) is 9.84 Å². The van der Waals surface area contributed by atoms with E-state index in [0.29, 0.717) is 19.7 Å². The molecule has 0 bridgehead atoms. The Morgan fingerprint density at radius 1 is 1.48 bits per heavy atom. The van der Waals surface area contributed by atoms with Gasteiger partial charge in [0.15, 0.2) is 11.9 Å². The second-order valence-electron chi connectivity index (χ2n) is 4.83. The smallest absolute Gasteiger partial charge is 0.334 e. The van der Waals surface area contributed by atoms with E-state index in [9.17, 15) is 4.79 Å². The molecule has 0 aliphatic carbocycles. The third-order valence-electron chi connectivity index (χ3n) is 3.28. The van der Waals surface area contributed by atoms with Crippen LogP contribution in [-0.2, 0) is 16.1 Å². The van der Waals surface area contributed by atoms with Crippen molar-refractivity contribution in [1.82, 2.24) is 14.9 Å². The van der Waals surface area contributed by atoms with Crippen molar-refractivity contribution in [2.45, 2.75) is 12.6 Å². The largest absolute Gasteiger partial charge is 0.479 e. The van der Waals surface area contributed by atoms with Crippen molar-refractivity contribution in [2.75, 3.05) is 19.7 Å². The van der Waals surface area contributed by atoms with E-state index in [0.717, 1.165) is 22.8 Å². The van der Waals surface area contributed by atoms with E-state index in [2.05, 4.69) is 9.97 Å².